The van der Waals surface area contributed by atoms with Crippen LogP contribution in [0.1, 0.15) is 141 Å². The van der Waals surface area contributed by atoms with E-state index < -0.39 is 0 Å². The smallest absolute Gasteiger partial charge is 0.00759 e. The van der Waals surface area contributed by atoms with Crippen molar-refractivity contribution >= 4 is 75.8 Å². The molecule has 0 saturated heterocycles. The maximum Gasteiger partial charge on any atom is 0.00759 e. The van der Waals surface area contributed by atoms with Gasteiger partial charge in [-0.25, -0.2) is 0 Å². The van der Waals surface area contributed by atoms with Crippen molar-refractivity contribution in [2.45, 2.75) is 147 Å². The van der Waals surface area contributed by atoms with Gasteiger partial charge in [-0.2, -0.15) is 75.8 Å². The third-order valence-electron chi connectivity index (χ3n) is 8.13. The predicted octanol–water partition coefficient (Wildman–Crippen LogP) is 11.1. The van der Waals surface area contributed by atoms with Crippen LogP contribution < -0.4 is 0 Å². The molecule has 0 fully saturated rings. The number of rotatable bonds is 29. The summed E-state index contributed by atoms with van der Waals surface area (Å²) in [4.78, 5) is 0. The fourth-order valence-electron chi connectivity index (χ4n) is 5.98. The topological polar surface area (TPSA) is 0 Å². The maximum atomic E-state index is 5.49. The Balaban J connectivity index is 5.63. The molecule has 0 amide bonds. The number of hydrogen-bond donors (Lipinski definition) is 6. The summed E-state index contributed by atoms with van der Waals surface area (Å²) in [5, 5.41) is 0.519. The van der Waals surface area contributed by atoms with E-state index in [4.69, 9.17) is 12.6 Å². The number of hydrogen-bond acceptors (Lipinski definition) is 6. The first kappa shape index (κ1) is 38.1. The molecule has 0 nitrogen and oxygen atoms in total. The Labute approximate surface area is 260 Å². The molecule has 0 aliphatic heterocycles. The van der Waals surface area contributed by atoms with Gasteiger partial charge in [0.25, 0.3) is 0 Å². The van der Waals surface area contributed by atoms with Gasteiger partial charge in [-0.05, 0) is 104 Å². The van der Waals surface area contributed by atoms with Gasteiger partial charge in [-0.1, -0.05) is 77.0 Å². The predicted molar refractivity (Wildman–Crippen MR) is 190 cm³/mol. The van der Waals surface area contributed by atoms with Crippen LogP contribution in [0.15, 0.2) is 0 Å². The molecule has 0 rings (SSSR count). The molecular formula is C30H62S6. The summed E-state index contributed by atoms with van der Waals surface area (Å²) in [5.74, 6) is 5.89. The van der Waals surface area contributed by atoms with Crippen molar-refractivity contribution in [1.29, 1.82) is 0 Å². The van der Waals surface area contributed by atoms with Crippen LogP contribution in [0.25, 0.3) is 0 Å². The SMILES string of the molecule is SCCCCCCC(S)C(CCCCCCS)(CCCCCCS)C(CCCS)CCCCCCS. The van der Waals surface area contributed by atoms with E-state index in [-0.39, 0.29) is 0 Å². The molecular weight excluding hydrogens is 553 g/mol. The van der Waals surface area contributed by atoms with Crippen LogP contribution in [0.4, 0.5) is 0 Å². The van der Waals surface area contributed by atoms with Gasteiger partial charge < -0.3 is 0 Å². The lowest BCUT2D eigenvalue weighted by atomic mass is 9.62. The zero-order chi connectivity index (χ0) is 26.7. The van der Waals surface area contributed by atoms with Gasteiger partial charge in [0.1, 0.15) is 0 Å². The molecule has 0 aromatic heterocycles. The monoisotopic (exact) mass is 614 g/mol. The molecule has 2 atom stereocenters. The van der Waals surface area contributed by atoms with E-state index in [1.54, 1.807) is 0 Å². The number of unbranched alkanes of at least 4 members (excludes halogenated alkanes) is 12. The van der Waals surface area contributed by atoms with E-state index in [0.29, 0.717) is 10.7 Å². The van der Waals surface area contributed by atoms with Crippen LogP contribution in [0.2, 0.25) is 0 Å². The molecule has 36 heavy (non-hydrogen) atoms. The zero-order valence-electron chi connectivity index (χ0n) is 23.4. The lowest BCUT2D eigenvalue weighted by Crippen LogP contribution is -2.40. The normalized spacial score (nSPS) is 13.8. The van der Waals surface area contributed by atoms with Crippen molar-refractivity contribution < 1.29 is 0 Å². The second-order valence-corrected chi connectivity index (χ2v) is 13.8. The average Bonchev–Trinajstić information content (AvgIpc) is 2.88. The standard InChI is InChI=1S/C30H62S6/c31-23-13-5-1-9-18-28(19-17-27-35)30(21-11-3-7-15-25-33,22-12-4-8-16-26-34)29(36)20-10-2-6-14-24-32/h28-29,31-36H,1-27H2. The van der Waals surface area contributed by atoms with E-state index in [9.17, 15) is 0 Å². The molecule has 0 bridgehead atoms. The molecule has 0 spiro atoms. The van der Waals surface area contributed by atoms with Crippen LogP contribution in [-0.4, -0.2) is 34.0 Å². The summed E-state index contributed by atoms with van der Waals surface area (Å²) < 4.78 is 0. The lowest BCUT2D eigenvalue weighted by Gasteiger charge is -2.46. The van der Waals surface area contributed by atoms with Crippen molar-refractivity contribution in [2.75, 3.05) is 28.8 Å². The Morgan fingerprint density at radius 3 is 1.11 bits per heavy atom. The van der Waals surface area contributed by atoms with Crippen LogP contribution >= 0.6 is 75.8 Å². The molecule has 6 heteroatoms. The fourth-order valence-corrected chi connectivity index (χ4v) is 7.71. The van der Waals surface area contributed by atoms with Gasteiger partial charge in [0.2, 0.25) is 0 Å². The van der Waals surface area contributed by atoms with E-state index >= 15 is 0 Å². The van der Waals surface area contributed by atoms with Crippen molar-refractivity contribution in [3.8, 4) is 0 Å². The van der Waals surface area contributed by atoms with Crippen molar-refractivity contribution in [3.05, 3.63) is 0 Å². The van der Waals surface area contributed by atoms with E-state index in [1.807, 2.05) is 0 Å². The minimum Gasteiger partial charge on any atom is -0.179 e. The summed E-state index contributed by atoms with van der Waals surface area (Å²) in [6.07, 6.45) is 29.1. The Kier molecular flexibility index (Phi) is 30.3. The van der Waals surface area contributed by atoms with E-state index in [2.05, 4.69) is 63.1 Å². The van der Waals surface area contributed by atoms with E-state index in [1.165, 1.54) is 141 Å². The maximum absolute atomic E-state index is 5.49. The van der Waals surface area contributed by atoms with Gasteiger partial charge >= 0.3 is 0 Å². The molecule has 2 unspecified atom stereocenters. The summed E-state index contributed by atoms with van der Waals surface area (Å²) in [6, 6.07) is 0. The molecule has 0 saturated carbocycles. The van der Waals surface area contributed by atoms with Gasteiger partial charge in [0, 0.05) is 5.25 Å². The summed E-state index contributed by atoms with van der Waals surface area (Å²) in [6.45, 7) is 0. The third kappa shape index (κ3) is 19.2. The first-order valence-corrected chi connectivity index (χ1v) is 19.0. The molecule has 0 aromatic carbocycles. The minimum atomic E-state index is 0.376. The van der Waals surface area contributed by atoms with Gasteiger partial charge in [-0.3, -0.25) is 0 Å². The Hall–Kier alpha value is 2.10. The first-order chi connectivity index (χ1) is 17.6. The summed E-state index contributed by atoms with van der Waals surface area (Å²) in [7, 11) is 0. The summed E-state index contributed by atoms with van der Waals surface area (Å²) in [5.41, 5.74) is 0.376. The highest BCUT2D eigenvalue weighted by atomic mass is 32.1. The highest BCUT2D eigenvalue weighted by Gasteiger charge is 2.41. The summed E-state index contributed by atoms with van der Waals surface area (Å²) >= 11 is 27.9. The van der Waals surface area contributed by atoms with Crippen molar-refractivity contribution in [3.63, 3.8) is 0 Å². The first-order valence-electron chi connectivity index (χ1n) is 15.3. The quantitative estimate of drug-likeness (QED) is 0.0350. The molecule has 0 aromatic rings. The third-order valence-corrected chi connectivity index (χ3v) is 10.5. The highest BCUT2D eigenvalue weighted by molar-refractivity contribution is 7.81. The molecule has 0 N–H and O–H groups in total. The van der Waals surface area contributed by atoms with Crippen LogP contribution in [0, 0.1) is 11.3 Å². The Bertz CT molecular complexity index is 420. The fraction of sp³-hybridized carbons (Fsp3) is 1.00. The van der Waals surface area contributed by atoms with Crippen molar-refractivity contribution in [2.24, 2.45) is 11.3 Å². The van der Waals surface area contributed by atoms with E-state index in [0.717, 1.165) is 34.7 Å². The number of thiol groups is 6. The highest BCUT2D eigenvalue weighted by Crippen LogP contribution is 2.50. The van der Waals surface area contributed by atoms with Crippen molar-refractivity contribution in [1.82, 2.24) is 0 Å². The van der Waals surface area contributed by atoms with Gasteiger partial charge in [0.05, 0.1) is 0 Å². The minimum absolute atomic E-state index is 0.376. The molecule has 0 heterocycles. The largest absolute Gasteiger partial charge is 0.179 e. The molecule has 218 valence electrons. The lowest BCUT2D eigenvalue weighted by molar-refractivity contribution is 0.0912. The average molecular weight is 615 g/mol. The van der Waals surface area contributed by atoms with Gasteiger partial charge in [0.15, 0.2) is 0 Å². The van der Waals surface area contributed by atoms with Crippen LogP contribution in [0.3, 0.4) is 0 Å². The molecule has 0 aliphatic rings. The second kappa shape index (κ2) is 28.6. The molecule has 0 aliphatic carbocycles. The van der Waals surface area contributed by atoms with Crippen LogP contribution in [-0.2, 0) is 0 Å². The Morgan fingerprint density at radius 1 is 0.361 bits per heavy atom. The van der Waals surface area contributed by atoms with Gasteiger partial charge in [-0.15, -0.1) is 0 Å². The van der Waals surface area contributed by atoms with Crippen LogP contribution in [0.5, 0.6) is 0 Å². The zero-order valence-corrected chi connectivity index (χ0v) is 28.8. The second-order valence-electron chi connectivity index (χ2n) is 10.9. The Morgan fingerprint density at radius 2 is 0.694 bits per heavy atom. The molecule has 0 radical (unpaired) electrons.